The van der Waals surface area contributed by atoms with Crippen LogP contribution in [0.2, 0.25) is 0 Å². The summed E-state index contributed by atoms with van der Waals surface area (Å²) in [6.45, 7) is 4.90. The third-order valence-electron chi connectivity index (χ3n) is 5.17. The molecule has 1 N–H and O–H groups in total. The lowest BCUT2D eigenvalue weighted by molar-refractivity contribution is 0.312. The lowest BCUT2D eigenvalue weighted by atomic mass is 10.1. The molecule has 2 aliphatic rings. The molecule has 1 aromatic heterocycles. The molecule has 5 nitrogen and oxygen atoms in total. The number of likely N-dealkylation sites (N-methyl/N-ethyl adjacent to an activating group) is 1. The molecule has 1 aliphatic carbocycles. The van der Waals surface area contributed by atoms with Gasteiger partial charge in [-0.05, 0) is 31.2 Å². The molecule has 4 rings (SSSR count). The number of anilines is 1. The molecule has 0 bridgehead atoms. The summed E-state index contributed by atoms with van der Waals surface area (Å²) in [6, 6.07) is 9.39. The molecule has 0 amide bonds. The summed E-state index contributed by atoms with van der Waals surface area (Å²) in [7, 11) is 2.15. The lowest BCUT2D eigenvalue weighted by Gasteiger charge is -2.33. The molecule has 0 radical (unpaired) electrons. The summed E-state index contributed by atoms with van der Waals surface area (Å²) in [5.41, 5.74) is 2.23. The van der Waals surface area contributed by atoms with Gasteiger partial charge in [-0.25, -0.2) is 14.4 Å². The van der Waals surface area contributed by atoms with Crippen molar-refractivity contribution in [2.45, 2.75) is 24.9 Å². The van der Waals surface area contributed by atoms with Gasteiger partial charge >= 0.3 is 0 Å². The van der Waals surface area contributed by atoms with E-state index in [0.717, 1.165) is 50.7 Å². The number of hydrogen-bond acceptors (Lipinski definition) is 5. The molecule has 2 fully saturated rings. The van der Waals surface area contributed by atoms with Gasteiger partial charge in [0.05, 0.1) is 5.69 Å². The third kappa shape index (κ3) is 3.96. The standard InChI is InChI=1S/C19H24FN5/c1-24-6-8-25(9-7-24)19-10-16(22-13-23-19)12-21-18-11-17(18)14-2-4-15(20)5-3-14/h2-5,10,13,17-18,21H,6-9,11-12H2,1H3/t17-,18+/m0/s1. The van der Waals surface area contributed by atoms with Crippen molar-refractivity contribution in [3.05, 3.63) is 53.7 Å². The van der Waals surface area contributed by atoms with E-state index in [1.165, 1.54) is 17.7 Å². The van der Waals surface area contributed by atoms with Gasteiger partial charge in [0.2, 0.25) is 0 Å². The molecular formula is C19H24FN5. The first-order valence-corrected chi connectivity index (χ1v) is 8.92. The zero-order valence-corrected chi connectivity index (χ0v) is 14.5. The maximum absolute atomic E-state index is 13.0. The van der Waals surface area contributed by atoms with Crippen molar-refractivity contribution < 1.29 is 4.39 Å². The molecule has 132 valence electrons. The Kier molecular flexibility index (Phi) is 4.63. The molecule has 0 unspecified atom stereocenters. The molecule has 0 spiro atoms. The molecule has 1 saturated heterocycles. The Morgan fingerprint density at radius 1 is 1.12 bits per heavy atom. The van der Waals surface area contributed by atoms with Gasteiger partial charge in [-0.15, -0.1) is 0 Å². The van der Waals surface area contributed by atoms with Crippen LogP contribution in [0.25, 0.3) is 0 Å². The van der Waals surface area contributed by atoms with Gasteiger partial charge in [-0.2, -0.15) is 0 Å². The first-order valence-electron chi connectivity index (χ1n) is 8.92. The van der Waals surface area contributed by atoms with E-state index in [1.54, 1.807) is 6.33 Å². The first kappa shape index (κ1) is 16.4. The number of piperazine rings is 1. The molecule has 6 heteroatoms. The Labute approximate surface area is 147 Å². The third-order valence-corrected chi connectivity index (χ3v) is 5.17. The predicted molar refractivity (Wildman–Crippen MR) is 96.1 cm³/mol. The topological polar surface area (TPSA) is 44.3 Å². The van der Waals surface area contributed by atoms with Crippen LogP contribution >= 0.6 is 0 Å². The highest BCUT2D eigenvalue weighted by atomic mass is 19.1. The van der Waals surface area contributed by atoms with E-state index in [1.807, 2.05) is 12.1 Å². The summed E-state index contributed by atoms with van der Waals surface area (Å²) >= 11 is 0. The number of halogens is 1. The molecule has 2 aromatic rings. The van der Waals surface area contributed by atoms with Crippen LogP contribution in [0.3, 0.4) is 0 Å². The zero-order chi connectivity index (χ0) is 17.2. The van der Waals surface area contributed by atoms with E-state index in [0.29, 0.717) is 12.0 Å². The quantitative estimate of drug-likeness (QED) is 0.901. The Morgan fingerprint density at radius 2 is 1.88 bits per heavy atom. The average Bonchev–Trinajstić information content (AvgIpc) is 3.41. The minimum absolute atomic E-state index is 0.175. The van der Waals surface area contributed by atoms with Crippen LogP contribution < -0.4 is 10.2 Å². The van der Waals surface area contributed by atoms with Crippen LogP contribution in [0.4, 0.5) is 10.2 Å². The average molecular weight is 341 g/mol. The van der Waals surface area contributed by atoms with Crippen LogP contribution in [0.5, 0.6) is 0 Å². The summed E-state index contributed by atoms with van der Waals surface area (Å²) in [6.07, 6.45) is 2.76. The monoisotopic (exact) mass is 341 g/mol. The molecule has 2 atom stereocenters. The van der Waals surface area contributed by atoms with Gasteiger partial charge in [0, 0.05) is 50.7 Å². The van der Waals surface area contributed by atoms with Crippen molar-refractivity contribution in [2.75, 3.05) is 38.1 Å². The summed E-state index contributed by atoms with van der Waals surface area (Å²) in [5, 5.41) is 3.56. The van der Waals surface area contributed by atoms with Gasteiger partial charge in [-0.3, -0.25) is 0 Å². The second kappa shape index (κ2) is 7.06. The van der Waals surface area contributed by atoms with Crippen molar-refractivity contribution >= 4 is 5.82 Å². The Bertz CT molecular complexity index is 712. The van der Waals surface area contributed by atoms with Gasteiger partial charge in [0.25, 0.3) is 0 Å². The number of nitrogens with zero attached hydrogens (tertiary/aromatic N) is 4. The number of hydrogen-bond donors (Lipinski definition) is 1. The van der Waals surface area contributed by atoms with E-state index < -0.39 is 0 Å². The van der Waals surface area contributed by atoms with Crippen LogP contribution in [0.1, 0.15) is 23.6 Å². The van der Waals surface area contributed by atoms with E-state index >= 15 is 0 Å². The maximum Gasteiger partial charge on any atom is 0.132 e. The second-order valence-corrected chi connectivity index (χ2v) is 7.04. The highest BCUT2D eigenvalue weighted by molar-refractivity contribution is 5.39. The summed E-state index contributed by atoms with van der Waals surface area (Å²) in [4.78, 5) is 13.5. The lowest BCUT2D eigenvalue weighted by Crippen LogP contribution is -2.44. The number of rotatable bonds is 5. The van der Waals surface area contributed by atoms with Crippen LogP contribution in [-0.4, -0.2) is 54.1 Å². The van der Waals surface area contributed by atoms with Gasteiger partial charge in [0.15, 0.2) is 0 Å². The molecule has 1 saturated carbocycles. The van der Waals surface area contributed by atoms with E-state index in [4.69, 9.17) is 0 Å². The first-order chi connectivity index (χ1) is 12.2. The van der Waals surface area contributed by atoms with Crippen LogP contribution in [-0.2, 0) is 6.54 Å². The number of aromatic nitrogens is 2. The summed E-state index contributed by atoms with van der Waals surface area (Å²) in [5.74, 6) is 1.33. The highest BCUT2D eigenvalue weighted by Gasteiger charge is 2.37. The number of nitrogens with one attached hydrogen (secondary N) is 1. The van der Waals surface area contributed by atoms with E-state index in [-0.39, 0.29) is 5.82 Å². The summed E-state index contributed by atoms with van der Waals surface area (Å²) < 4.78 is 13.0. The highest BCUT2D eigenvalue weighted by Crippen LogP contribution is 2.40. The molecular weight excluding hydrogens is 317 g/mol. The van der Waals surface area contributed by atoms with Crippen LogP contribution in [0.15, 0.2) is 36.7 Å². The molecule has 1 aromatic carbocycles. The van der Waals surface area contributed by atoms with Crippen LogP contribution in [0, 0.1) is 5.82 Å². The minimum Gasteiger partial charge on any atom is -0.354 e. The maximum atomic E-state index is 13.0. The normalized spacial score (nSPS) is 23.7. The molecule has 2 heterocycles. The van der Waals surface area contributed by atoms with Gasteiger partial charge in [0.1, 0.15) is 18.0 Å². The fourth-order valence-corrected chi connectivity index (χ4v) is 3.43. The Hall–Kier alpha value is -2.05. The van der Waals surface area contributed by atoms with E-state index in [2.05, 4.69) is 38.2 Å². The van der Waals surface area contributed by atoms with E-state index in [9.17, 15) is 4.39 Å². The number of benzene rings is 1. The Morgan fingerprint density at radius 3 is 2.64 bits per heavy atom. The zero-order valence-electron chi connectivity index (χ0n) is 14.5. The van der Waals surface area contributed by atoms with Crippen molar-refractivity contribution in [2.24, 2.45) is 0 Å². The SMILES string of the molecule is CN1CCN(c2cc(CN[C@@H]3C[C@H]3c3ccc(F)cc3)ncn2)CC1. The van der Waals surface area contributed by atoms with Gasteiger partial charge < -0.3 is 15.1 Å². The van der Waals surface area contributed by atoms with Crippen molar-refractivity contribution in [1.29, 1.82) is 0 Å². The minimum atomic E-state index is -0.175. The Balaban J connectivity index is 1.32. The fraction of sp³-hybridized carbons (Fsp3) is 0.474. The fourth-order valence-electron chi connectivity index (χ4n) is 3.43. The van der Waals surface area contributed by atoms with Crippen molar-refractivity contribution in [3.63, 3.8) is 0 Å². The molecule has 25 heavy (non-hydrogen) atoms. The molecule has 1 aliphatic heterocycles. The van der Waals surface area contributed by atoms with Crippen molar-refractivity contribution in [1.82, 2.24) is 20.2 Å². The van der Waals surface area contributed by atoms with Crippen molar-refractivity contribution in [3.8, 4) is 0 Å². The smallest absolute Gasteiger partial charge is 0.132 e. The van der Waals surface area contributed by atoms with Gasteiger partial charge in [-0.1, -0.05) is 12.1 Å². The largest absolute Gasteiger partial charge is 0.354 e. The second-order valence-electron chi connectivity index (χ2n) is 7.04. The predicted octanol–water partition coefficient (Wildman–Crippen LogP) is 2.01.